The van der Waals surface area contributed by atoms with Crippen LogP contribution in [-0.4, -0.2) is 47.3 Å². The molecule has 0 aliphatic carbocycles. The number of aliphatic hydroxyl groups excluding tert-OH is 1. The Morgan fingerprint density at radius 2 is 2.16 bits per heavy atom. The van der Waals surface area contributed by atoms with Gasteiger partial charge in [0.25, 0.3) is 0 Å². The minimum absolute atomic E-state index is 0.0561. The Kier molecular flexibility index (Phi) is 4.27. The number of nitrogens with zero attached hydrogens (tertiary/aromatic N) is 3. The van der Waals surface area contributed by atoms with E-state index < -0.39 is 10.0 Å². The molecule has 2 heterocycles. The molecule has 6 nitrogen and oxygen atoms in total. The van der Waals surface area contributed by atoms with Crippen LogP contribution in [0.15, 0.2) is 17.3 Å². The first-order valence-corrected chi connectivity index (χ1v) is 8.02. The molecule has 19 heavy (non-hydrogen) atoms. The van der Waals surface area contributed by atoms with E-state index in [1.54, 1.807) is 0 Å². The van der Waals surface area contributed by atoms with Crippen molar-refractivity contribution in [2.45, 2.75) is 31.7 Å². The largest absolute Gasteiger partial charge is 0.394 e. The molecule has 0 spiro atoms. The third-order valence-corrected chi connectivity index (χ3v) is 5.69. The fourth-order valence-corrected chi connectivity index (χ4v) is 3.81. The van der Waals surface area contributed by atoms with E-state index in [1.165, 1.54) is 21.4 Å². The Morgan fingerprint density at radius 3 is 2.79 bits per heavy atom. The average molecular weight is 287 g/mol. The second kappa shape index (κ2) is 5.60. The van der Waals surface area contributed by atoms with Crippen LogP contribution in [0.3, 0.4) is 0 Å². The van der Waals surface area contributed by atoms with Gasteiger partial charge in [-0.3, -0.25) is 4.68 Å². The van der Waals surface area contributed by atoms with Crippen molar-refractivity contribution in [3.8, 4) is 0 Å². The van der Waals surface area contributed by atoms with Crippen LogP contribution in [0, 0.1) is 11.8 Å². The SMILES string of the molecule is CC1CCN(S(=O)(=O)c2cnn(CCO)c2)CC1C. The summed E-state index contributed by atoms with van der Waals surface area (Å²) in [6.45, 7) is 5.63. The van der Waals surface area contributed by atoms with Gasteiger partial charge < -0.3 is 5.11 Å². The summed E-state index contributed by atoms with van der Waals surface area (Å²) in [7, 11) is -3.45. The fraction of sp³-hybridized carbons (Fsp3) is 0.750. The third kappa shape index (κ3) is 2.98. The number of sulfonamides is 1. The summed E-state index contributed by atoms with van der Waals surface area (Å²) in [5, 5.41) is 12.8. The lowest BCUT2D eigenvalue weighted by Gasteiger charge is -2.34. The Labute approximate surface area is 114 Å². The number of aromatic nitrogens is 2. The molecule has 0 aromatic carbocycles. The van der Waals surface area contributed by atoms with Crippen molar-refractivity contribution in [1.82, 2.24) is 14.1 Å². The number of aliphatic hydroxyl groups is 1. The van der Waals surface area contributed by atoms with Crippen molar-refractivity contribution in [3.63, 3.8) is 0 Å². The molecule has 1 fully saturated rings. The van der Waals surface area contributed by atoms with E-state index in [0.29, 0.717) is 31.5 Å². The van der Waals surface area contributed by atoms with Crippen LogP contribution in [-0.2, 0) is 16.6 Å². The van der Waals surface area contributed by atoms with Crippen molar-refractivity contribution in [2.24, 2.45) is 11.8 Å². The van der Waals surface area contributed by atoms with E-state index in [4.69, 9.17) is 5.11 Å². The maximum Gasteiger partial charge on any atom is 0.246 e. The topological polar surface area (TPSA) is 75.4 Å². The summed E-state index contributed by atoms with van der Waals surface area (Å²) in [5.41, 5.74) is 0. The minimum Gasteiger partial charge on any atom is -0.394 e. The van der Waals surface area contributed by atoms with Gasteiger partial charge in [0.05, 0.1) is 19.3 Å². The van der Waals surface area contributed by atoms with Gasteiger partial charge in [-0.05, 0) is 18.3 Å². The highest BCUT2D eigenvalue weighted by Crippen LogP contribution is 2.27. The molecule has 1 aliphatic heterocycles. The van der Waals surface area contributed by atoms with Gasteiger partial charge in [0, 0.05) is 19.3 Å². The lowest BCUT2D eigenvalue weighted by atomic mass is 9.90. The Bertz CT molecular complexity index is 526. The molecule has 7 heteroatoms. The molecule has 2 unspecified atom stereocenters. The number of hydrogen-bond acceptors (Lipinski definition) is 4. The standard InChI is InChI=1S/C12H21N3O3S/c1-10-3-4-15(8-11(10)2)19(17,18)12-7-13-14(9-12)5-6-16/h7,9-11,16H,3-6,8H2,1-2H3. The molecule has 0 radical (unpaired) electrons. The second-order valence-electron chi connectivity index (χ2n) is 5.27. The average Bonchev–Trinajstić information content (AvgIpc) is 2.82. The van der Waals surface area contributed by atoms with Gasteiger partial charge >= 0.3 is 0 Å². The molecule has 0 saturated carbocycles. The van der Waals surface area contributed by atoms with Gasteiger partial charge in [-0.1, -0.05) is 13.8 Å². The van der Waals surface area contributed by atoms with Gasteiger partial charge in [0.2, 0.25) is 10.0 Å². The van der Waals surface area contributed by atoms with Crippen LogP contribution >= 0.6 is 0 Å². The third-order valence-electron chi connectivity index (χ3n) is 3.87. The second-order valence-corrected chi connectivity index (χ2v) is 7.21. The lowest BCUT2D eigenvalue weighted by Crippen LogP contribution is -2.42. The van der Waals surface area contributed by atoms with Crippen LogP contribution in [0.25, 0.3) is 0 Å². The summed E-state index contributed by atoms with van der Waals surface area (Å²) in [6.07, 6.45) is 3.73. The normalized spacial score (nSPS) is 25.6. The molecule has 1 N–H and O–H groups in total. The molecule has 1 saturated heterocycles. The van der Waals surface area contributed by atoms with Crippen molar-refractivity contribution >= 4 is 10.0 Å². The summed E-state index contributed by atoms with van der Waals surface area (Å²) >= 11 is 0. The number of rotatable bonds is 4. The zero-order chi connectivity index (χ0) is 14.0. The molecular weight excluding hydrogens is 266 g/mol. The predicted molar refractivity (Wildman–Crippen MR) is 71.0 cm³/mol. The first-order chi connectivity index (χ1) is 8.95. The lowest BCUT2D eigenvalue weighted by molar-refractivity contribution is 0.212. The molecule has 1 aromatic heterocycles. The van der Waals surface area contributed by atoms with E-state index in [2.05, 4.69) is 18.9 Å². The molecule has 2 atom stereocenters. The van der Waals surface area contributed by atoms with Crippen LogP contribution in [0.5, 0.6) is 0 Å². The predicted octanol–water partition coefficient (Wildman–Crippen LogP) is 0.542. The number of hydrogen-bond donors (Lipinski definition) is 1. The van der Waals surface area contributed by atoms with E-state index in [9.17, 15) is 8.42 Å². The van der Waals surface area contributed by atoms with Crippen LogP contribution in [0.2, 0.25) is 0 Å². The van der Waals surface area contributed by atoms with E-state index >= 15 is 0 Å². The Balaban J connectivity index is 2.17. The molecule has 0 bridgehead atoms. The van der Waals surface area contributed by atoms with Crippen molar-refractivity contribution in [1.29, 1.82) is 0 Å². The first kappa shape index (κ1) is 14.5. The highest BCUT2D eigenvalue weighted by Gasteiger charge is 2.32. The number of piperidine rings is 1. The minimum atomic E-state index is -3.45. The fourth-order valence-electron chi connectivity index (χ4n) is 2.29. The van der Waals surface area contributed by atoms with Crippen LogP contribution in [0.1, 0.15) is 20.3 Å². The molecule has 0 amide bonds. The Morgan fingerprint density at radius 1 is 1.42 bits per heavy atom. The highest BCUT2D eigenvalue weighted by molar-refractivity contribution is 7.89. The van der Waals surface area contributed by atoms with Crippen LogP contribution in [0.4, 0.5) is 0 Å². The zero-order valence-corrected chi connectivity index (χ0v) is 12.2. The van der Waals surface area contributed by atoms with Crippen molar-refractivity contribution < 1.29 is 13.5 Å². The first-order valence-electron chi connectivity index (χ1n) is 6.58. The molecule has 1 aliphatic rings. The van der Waals surface area contributed by atoms with Gasteiger partial charge in [0.1, 0.15) is 4.90 Å². The van der Waals surface area contributed by atoms with Crippen LogP contribution < -0.4 is 0 Å². The van der Waals surface area contributed by atoms with E-state index in [-0.39, 0.29) is 11.5 Å². The quantitative estimate of drug-likeness (QED) is 0.877. The van der Waals surface area contributed by atoms with E-state index in [1.807, 2.05) is 0 Å². The Hall–Kier alpha value is -0.920. The maximum atomic E-state index is 12.5. The molecule has 1 aromatic rings. The molecule has 108 valence electrons. The molecule has 2 rings (SSSR count). The van der Waals surface area contributed by atoms with Gasteiger partial charge in [-0.15, -0.1) is 0 Å². The van der Waals surface area contributed by atoms with Crippen molar-refractivity contribution in [3.05, 3.63) is 12.4 Å². The molecular formula is C12H21N3O3S. The summed E-state index contributed by atoms with van der Waals surface area (Å²) in [4.78, 5) is 0.211. The summed E-state index contributed by atoms with van der Waals surface area (Å²) < 4.78 is 27.9. The van der Waals surface area contributed by atoms with Gasteiger partial charge in [0.15, 0.2) is 0 Å². The summed E-state index contributed by atoms with van der Waals surface area (Å²) in [5.74, 6) is 0.930. The van der Waals surface area contributed by atoms with Crippen molar-refractivity contribution in [2.75, 3.05) is 19.7 Å². The van der Waals surface area contributed by atoms with Gasteiger partial charge in [-0.25, -0.2) is 8.42 Å². The van der Waals surface area contributed by atoms with E-state index in [0.717, 1.165) is 6.42 Å². The maximum absolute atomic E-state index is 12.5. The highest BCUT2D eigenvalue weighted by atomic mass is 32.2. The zero-order valence-electron chi connectivity index (χ0n) is 11.4. The smallest absolute Gasteiger partial charge is 0.246 e. The van der Waals surface area contributed by atoms with Gasteiger partial charge in [-0.2, -0.15) is 9.40 Å². The monoisotopic (exact) mass is 287 g/mol. The summed E-state index contributed by atoms with van der Waals surface area (Å²) in [6, 6.07) is 0.